The maximum atomic E-state index is 13.3. The molecule has 19 nitrogen and oxygen atoms in total. The second kappa shape index (κ2) is 18.2. The lowest BCUT2D eigenvalue weighted by Gasteiger charge is -2.26. The van der Waals surface area contributed by atoms with E-state index in [1.165, 1.54) is 0 Å². The van der Waals surface area contributed by atoms with Crippen LogP contribution in [0.3, 0.4) is 0 Å². The maximum absolute atomic E-state index is 13.3. The molecule has 3 saturated heterocycles. The van der Waals surface area contributed by atoms with Crippen molar-refractivity contribution in [2.24, 2.45) is 0 Å². The Hall–Kier alpha value is -4.10. The lowest BCUT2D eigenvalue weighted by molar-refractivity contribution is -0.125. The molecule has 55 heavy (non-hydrogen) atoms. The third-order valence-corrected chi connectivity index (χ3v) is 8.24. The van der Waals surface area contributed by atoms with Gasteiger partial charge in [-0.2, -0.15) is 0 Å². The molecule has 0 aromatic heterocycles. The Morgan fingerprint density at radius 3 is 0.891 bits per heavy atom. The molecular formula is C36H65N9O10. The number of likely N-dealkylation sites (tertiary alicyclic amines) is 2. The van der Waals surface area contributed by atoms with Crippen molar-refractivity contribution in [1.82, 2.24) is 47.0 Å². The van der Waals surface area contributed by atoms with Crippen LogP contribution < -0.4 is 37.2 Å². The third-order valence-electron chi connectivity index (χ3n) is 8.24. The summed E-state index contributed by atoms with van der Waals surface area (Å²) in [6, 6.07) is -3.05. The number of amides is 6. The normalized spacial score (nSPS) is 25.0. The van der Waals surface area contributed by atoms with Crippen LogP contribution in [0.25, 0.3) is 0 Å². The minimum Gasteiger partial charge on any atom is -0.444 e. The van der Waals surface area contributed by atoms with Gasteiger partial charge in [0, 0.05) is 39.3 Å². The smallest absolute Gasteiger partial charge is 0.407 e. The van der Waals surface area contributed by atoms with Crippen LogP contribution in [0.2, 0.25) is 0 Å². The van der Waals surface area contributed by atoms with E-state index in [9.17, 15) is 28.8 Å². The number of alkyl carbamates (subject to hydrolysis) is 4. The largest absolute Gasteiger partial charge is 0.444 e. The van der Waals surface area contributed by atoms with E-state index >= 15 is 0 Å². The van der Waals surface area contributed by atoms with Gasteiger partial charge in [-0.15, -0.1) is 0 Å². The number of carbonyl (C=O) groups excluding carboxylic acids is 6. The number of rotatable bonds is 10. The zero-order chi connectivity index (χ0) is 41.5. The van der Waals surface area contributed by atoms with Crippen molar-refractivity contribution in [2.45, 2.75) is 142 Å². The summed E-state index contributed by atoms with van der Waals surface area (Å²) in [5.41, 5.74) is -2.91. The van der Waals surface area contributed by atoms with Crippen LogP contribution in [-0.4, -0.2) is 157 Å². The predicted molar refractivity (Wildman–Crippen MR) is 202 cm³/mol. The van der Waals surface area contributed by atoms with E-state index in [0.717, 1.165) is 0 Å². The number of carbonyl (C=O) groups is 6. The maximum Gasteiger partial charge on any atom is 0.407 e. The molecule has 6 atom stereocenters. The molecule has 3 heterocycles. The fourth-order valence-corrected chi connectivity index (χ4v) is 6.34. The van der Waals surface area contributed by atoms with Crippen LogP contribution in [0.15, 0.2) is 0 Å². The van der Waals surface area contributed by atoms with Gasteiger partial charge in [0.1, 0.15) is 22.4 Å². The minimum absolute atomic E-state index is 0.0258. The highest BCUT2D eigenvalue weighted by Crippen LogP contribution is 2.17. The number of ether oxygens (including phenoxy) is 4. The number of hydrogen-bond acceptors (Lipinski definition) is 13. The summed E-state index contributed by atoms with van der Waals surface area (Å²) in [7, 11) is 0. The second-order valence-electron chi connectivity index (χ2n) is 18.4. The van der Waals surface area contributed by atoms with Gasteiger partial charge in [0.05, 0.1) is 49.3 Å². The second-order valence-corrected chi connectivity index (χ2v) is 18.4. The summed E-state index contributed by atoms with van der Waals surface area (Å²) >= 11 is 0. The van der Waals surface area contributed by atoms with Gasteiger partial charge < -0.3 is 56.2 Å². The van der Waals surface area contributed by atoms with Gasteiger partial charge in [-0.1, -0.05) is 0 Å². The molecular weight excluding hydrogens is 718 g/mol. The van der Waals surface area contributed by atoms with Crippen LogP contribution in [-0.2, 0) is 28.5 Å². The molecule has 3 aliphatic rings. The molecule has 7 N–H and O–H groups in total. The quantitative estimate of drug-likeness (QED) is 0.152. The Morgan fingerprint density at radius 1 is 0.436 bits per heavy atom. The Bertz CT molecular complexity index is 1210. The topological polar surface area (TPSA) is 230 Å². The fraction of sp³-hybridized carbons (Fsp3) is 0.833. The van der Waals surface area contributed by atoms with Gasteiger partial charge in [-0.25, -0.2) is 19.2 Å². The van der Waals surface area contributed by atoms with Crippen LogP contribution in [0.5, 0.6) is 0 Å². The highest BCUT2D eigenvalue weighted by molar-refractivity contribution is 5.80. The van der Waals surface area contributed by atoms with Crippen LogP contribution in [0.1, 0.15) is 83.1 Å². The lowest BCUT2D eigenvalue weighted by Crippen LogP contribution is -2.54. The van der Waals surface area contributed by atoms with E-state index in [4.69, 9.17) is 18.9 Å². The van der Waals surface area contributed by atoms with E-state index in [2.05, 4.69) is 37.2 Å². The van der Waals surface area contributed by atoms with Crippen LogP contribution in [0, 0.1) is 0 Å². The monoisotopic (exact) mass is 783 g/mol. The average molecular weight is 784 g/mol. The summed E-state index contributed by atoms with van der Waals surface area (Å²) in [6.07, 6.45) is -2.58. The highest BCUT2D eigenvalue weighted by atomic mass is 16.6. The fourth-order valence-electron chi connectivity index (χ4n) is 6.34. The molecule has 0 bridgehead atoms. The molecule has 3 aliphatic heterocycles. The van der Waals surface area contributed by atoms with Crippen molar-refractivity contribution >= 4 is 36.2 Å². The van der Waals surface area contributed by atoms with Crippen molar-refractivity contribution in [3.05, 3.63) is 0 Å². The molecule has 0 saturated carbocycles. The predicted octanol–water partition coefficient (Wildman–Crippen LogP) is 0.764. The summed E-state index contributed by atoms with van der Waals surface area (Å²) < 4.78 is 21.7. The zero-order valence-corrected chi connectivity index (χ0v) is 34.6. The summed E-state index contributed by atoms with van der Waals surface area (Å²) in [6.45, 7) is 22.8. The Morgan fingerprint density at radius 2 is 0.673 bits per heavy atom. The van der Waals surface area contributed by atoms with Crippen LogP contribution in [0.4, 0.5) is 19.2 Å². The first-order valence-electron chi connectivity index (χ1n) is 18.9. The molecule has 19 heteroatoms. The first-order valence-corrected chi connectivity index (χ1v) is 18.9. The molecule has 0 aromatic carbocycles. The lowest BCUT2D eigenvalue weighted by atomic mass is 10.1. The van der Waals surface area contributed by atoms with E-state index in [1.54, 1.807) is 83.1 Å². The van der Waals surface area contributed by atoms with Gasteiger partial charge in [0.25, 0.3) is 0 Å². The molecule has 314 valence electrons. The van der Waals surface area contributed by atoms with Gasteiger partial charge in [0.15, 0.2) is 0 Å². The van der Waals surface area contributed by atoms with Crippen molar-refractivity contribution in [3.63, 3.8) is 0 Å². The number of hydrogen-bond donors (Lipinski definition) is 7. The summed E-state index contributed by atoms with van der Waals surface area (Å²) in [5, 5.41) is 20.5. The average Bonchev–Trinajstić information content (AvgIpc) is 3.63. The standard InChI is InChI=1S/C36H65N9O10/c1-33(2,3)52-29(48)40-23-15-44(16-24(23)41-30(49)53-34(4,5)6)19-27(46)38-21-13-37-14-22(21)39-28(47)20-45-17-25(42-31(50)54-35(7,8)9)26(18-45)43-32(51)55-36(10,11)12/h21-26,37H,13-20H2,1-12H3,(H,38,46)(H,39,47)(H,40,48)(H,41,49)(H,42,50)(H,43,51)/t21-,22-,23-,24-,25-,26-/m1/s1. The Labute approximate surface area is 324 Å². The van der Waals surface area contributed by atoms with Crippen molar-refractivity contribution in [2.75, 3.05) is 52.4 Å². The Kier molecular flexibility index (Phi) is 15.0. The molecule has 6 amide bonds. The molecule has 3 rings (SSSR count). The first kappa shape index (κ1) is 45.3. The van der Waals surface area contributed by atoms with Crippen molar-refractivity contribution in [3.8, 4) is 0 Å². The van der Waals surface area contributed by atoms with Gasteiger partial charge in [-0.3, -0.25) is 19.4 Å². The molecule has 0 spiro atoms. The van der Waals surface area contributed by atoms with E-state index < -0.39 is 83.0 Å². The molecule has 0 unspecified atom stereocenters. The summed E-state index contributed by atoms with van der Waals surface area (Å²) in [4.78, 5) is 80.7. The van der Waals surface area contributed by atoms with Crippen LogP contribution >= 0.6 is 0 Å². The summed E-state index contributed by atoms with van der Waals surface area (Å²) in [5.74, 6) is -0.595. The SMILES string of the molecule is CC(C)(C)OC(=O)N[C@@H]1CN(CC(=O)N[C@@H]2CNC[C@H]2NC(=O)CN2C[C@@H](NC(=O)OC(C)(C)C)[C@H](NC(=O)OC(C)(C)C)C2)C[C@H]1NC(=O)OC(C)(C)C. The van der Waals surface area contributed by atoms with Crippen molar-refractivity contribution in [1.29, 1.82) is 0 Å². The van der Waals surface area contributed by atoms with E-state index in [1.807, 2.05) is 9.80 Å². The zero-order valence-electron chi connectivity index (χ0n) is 34.6. The molecule has 0 aromatic rings. The van der Waals surface area contributed by atoms with Gasteiger partial charge in [-0.05, 0) is 83.1 Å². The molecule has 3 fully saturated rings. The van der Waals surface area contributed by atoms with Crippen molar-refractivity contribution < 1.29 is 47.7 Å². The number of nitrogens with zero attached hydrogens (tertiary/aromatic N) is 2. The highest BCUT2D eigenvalue weighted by Gasteiger charge is 2.40. The first-order chi connectivity index (χ1) is 25.1. The number of nitrogens with one attached hydrogen (secondary N) is 7. The minimum atomic E-state index is -0.727. The van der Waals surface area contributed by atoms with Gasteiger partial charge in [0.2, 0.25) is 11.8 Å². The Balaban J connectivity index is 1.57. The molecule has 0 aliphatic carbocycles. The van der Waals surface area contributed by atoms with E-state index in [0.29, 0.717) is 13.1 Å². The third kappa shape index (κ3) is 17.1. The van der Waals surface area contributed by atoms with E-state index in [-0.39, 0.29) is 51.1 Å². The molecule has 0 radical (unpaired) electrons. The van der Waals surface area contributed by atoms with Gasteiger partial charge >= 0.3 is 24.4 Å².